The summed E-state index contributed by atoms with van der Waals surface area (Å²) in [7, 11) is 1.78. The largest absolute Gasteiger partial charge is 0.469 e. The number of nitrogens with zero attached hydrogens (tertiary/aromatic N) is 4. The number of hydrogen-bond acceptors (Lipinski definition) is 5. The van der Waals surface area contributed by atoms with Crippen molar-refractivity contribution in [2.24, 2.45) is 0 Å². The van der Waals surface area contributed by atoms with Crippen LogP contribution in [0.4, 0.5) is 5.69 Å². The molecular weight excluding hydrogens is 360 g/mol. The van der Waals surface area contributed by atoms with Gasteiger partial charge in [-0.3, -0.25) is 9.36 Å². The second-order valence-corrected chi connectivity index (χ2v) is 7.40. The molecule has 27 heavy (non-hydrogen) atoms. The van der Waals surface area contributed by atoms with E-state index in [0.717, 1.165) is 17.0 Å². The maximum Gasteiger partial charge on any atom is 0.240 e. The second kappa shape index (κ2) is 8.26. The number of carbonyl (C=O) groups excluding carboxylic acids is 1. The van der Waals surface area contributed by atoms with Crippen LogP contribution >= 0.6 is 11.8 Å². The van der Waals surface area contributed by atoms with Gasteiger partial charge in [0.15, 0.2) is 11.0 Å². The van der Waals surface area contributed by atoms with Gasteiger partial charge in [0.05, 0.1) is 17.1 Å². The molecule has 0 aliphatic carbocycles. The van der Waals surface area contributed by atoms with Gasteiger partial charge in [-0.25, -0.2) is 0 Å². The highest BCUT2D eigenvalue weighted by molar-refractivity contribution is 8.00. The molecule has 0 saturated carbocycles. The van der Waals surface area contributed by atoms with Crippen LogP contribution in [-0.2, 0) is 11.3 Å². The molecule has 0 N–H and O–H groups in total. The lowest BCUT2D eigenvalue weighted by molar-refractivity contribution is -0.117. The summed E-state index contributed by atoms with van der Waals surface area (Å²) in [6, 6.07) is 11.4. The first-order valence-corrected chi connectivity index (χ1v) is 9.48. The van der Waals surface area contributed by atoms with Gasteiger partial charge >= 0.3 is 0 Å². The Labute approximate surface area is 162 Å². The summed E-state index contributed by atoms with van der Waals surface area (Å²) in [6.45, 7) is 8.13. The summed E-state index contributed by atoms with van der Waals surface area (Å²) in [5.41, 5.74) is 1.74. The van der Waals surface area contributed by atoms with Gasteiger partial charge in [-0.05, 0) is 32.0 Å². The average molecular weight is 382 g/mol. The standard InChI is InChI=1S/C20H22N4O2S/c1-5-12-24-18(17-11-13-26-14(17)2)21-22-20(24)27-15(3)19(25)23(4)16-9-7-6-8-10-16/h5-11,13,15H,1,12H2,2-4H3. The van der Waals surface area contributed by atoms with Crippen molar-refractivity contribution in [2.75, 3.05) is 11.9 Å². The molecule has 7 heteroatoms. The summed E-state index contributed by atoms with van der Waals surface area (Å²) in [6.07, 6.45) is 3.42. The topological polar surface area (TPSA) is 64.2 Å². The normalized spacial score (nSPS) is 12.0. The average Bonchev–Trinajstić information content (AvgIpc) is 3.27. The Bertz CT molecular complexity index is 933. The number of anilines is 1. The quantitative estimate of drug-likeness (QED) is 0.453. The number of benzene rings is 1. The van der Waals surface area contributed by atoms with Crippen molar-refractivity contribution in [1.82, 2.24) is 14.8 Å². The van der Waals surface area contributed by atoms with E-state index < -0.39 is 0 Å². The first kappa shape index (κ1) is 19.0. The van der Waals surface area contributed by atoms with Gasteiger partial charge in [0.2, 0.25) is 5.91 Å². The molecule has 0 fully saturated rings. The van der Waals surface area contributed by atoms with Gasteiger partial charge in [-0.1, -0.05) is 36.0 Å². The number of thioether (sulfide) groups is 1. The Hall–Kier alpha value is -2.80. The zero-order valence-electron chi connectivity index (χ0n) is 15.6. The SMILES string of the molecule is C=CCn1c(SC(C)C(=O)N(C)c2ccccc2)nnc1-c1ccoc1C. The number of aryl methyl sites for hydroxylation is 1. The minimum absolute atomic E-state index is 0.000365. The van der Waals surface area contributed by atoms with Crippen molar-refractivity contribution < 1.29 is 9.21 Å². The van der Waals surface area contributed by atoms with Crippen LogP contribution in [0.1, 0.15) is 12.7 Å². The third-order valence-corrected chi connectivity index (χ3v) is 5.30. The first-order valence-electron chi connectivity index (χ1n) is 8.60. The predicted octanol–water partition coefficient (Wildman–Crippen LogP) is 4.18. The Morgan fingerprint density at radius 2 is 2.07 bits per heavy atom. The van der Waals surface area contributed by atoms with Crippen molar-refractivity contribution in [1.29, 1.82) is 0 Å². The molecule has 140 valence electrons. The molecule has 0 saturated heterocycles. The predicted molar refractivity (Wildman–Crippen MR) is 108 cm³/mol. The fourth-order valence-electron chi connectivity index (χ4n) is 2.75. The van der Waals surface area contributed by atoms with E-state index in [4.69, 9.17) is 4.42 Å². The molecule has 0 radical (unpaired) electrons. The fraction of sp³-hybridized carbons (Fsp3) is 0.250. The van der Waals surface area contributed by atoms with Crippen LogP contribution < -0.4 is 4.90 Å². The van der Waals surface area contributed by atoms with E-state index in [1.165, 1.54) is 11.8 Å². The zero-order valence-corrected chi connectivity index (χ0v) is 16.4. The summed E-state index contributed by atoms with van der Waals surface area (Å²) < 4.78 is 7.33. The molecule has 3 aromatic rings. The number of rotatable bonds is 7. The smallest absolute Gasteiger partial charge is 0.240 e. The van der Waals surface area contributed by atoms with E-state index in [-0.39, 0.29) is 11.2 Å². The molecule has 0 spiro atoms. The van der Waals surface area contributed by atoms with Crippen LogP contribution in [0.25, 0.3) is 11.4 Å². The Kier molecular flexibility index (Phi) is 5.81. The van der Waals surface area contributed by atoms with E-state index >= 15 is 0 Å². The monoisotopic (exact) mass is 382 g/mol. The summed E-state index contributed by atoms with van der Waals surface area (Å²) in [5, 5.41) is 8.97. The number of carbonyl (C=O) groups is 1. The van der Waals surface area contributed by atoms with Gasteiger partial charge < -0.3 is 9.32 Å². The number of aromatic nitrogens is 3. The molecule has 0 aliphatic rings. The lowest BCUT2D eigenvalue weighted by Gasteiger charge is -2.21. The van der Waals surface area contributed by atoms with E-state index in [2.05, 4.69) is 16.8 Å². The first-order chi connectivity index (χ1) is 13.0. The highest BCUT2D eigenvalue weighted by atomic mass is 32.2. The van der Waals surface area contributed by atoms with Crippen molar-refractivity contribution >= 4 is 23.4 Å². The molecular formula is C20H22N4O2S. The second-order valence-electron chi connectivity index (χ2n) is 6.09. The Balaban J connectivity index is 1.82. The summed E-state index contributed by atoms with van der Waals surface area (Å²) in [4.78, 5) is 14.5. The lowest BCUT2D eigenvalue weighted by atomic mass is 10.2. The lowest BCUT2D eigenvalue weighted by Crippen LogP contribution is -2.33. The molecule has 1 aromatic carbocycles. The van der Waals surface area contributed by atoms with E-state index in [1.54, 1.807) is 24.3 Å². The van der Waals surface area contributed by atoms with Crippen LogP contribution in [0, 0.1) is 6.92 Å². The molecule has 0 bridgehead atoms. The third-order valence-electron chi connectivity index (χ3n) is 4.23. The Morgan fingerprint density at radius 1 is 1.33 bits per heavy atom. The van der Waals surface area contributed by atoms with Crippen molar-refractivity contribution in [2.45, 2.75) is 30.8 Å². The van der Waals surface area contributed by atoms with Gasteiger partial charge in [0, 0.05) is 19.3 Å². The number of amides is 1. The van der Waals surface area contributed by atoms with Gasteiger partial charge in [-0.15, -0.1) is 16.8 Å². The highest BCUT2D eigenvalue weighted by Crippen LogP contribution is 2.30. The third kappa shape index (κ3) is 3.98. The zero-order chi connectivity index (χ0) is 19.4. The number of para-hydroxylation sites is 1. The number of allylic oxidation sites excluding steroid dienone is 1. The van der Waals surface area contributed by atoms with Crippen LogP contribution in [0.2, 0.25) is 0 Å². The molecule has 2 aromatic heterocycles. The maximum absolute atomic E-state index is 12.8. The molecule has 1 unspecified atom stereocenters. The van der Waals surface area contributed by atoms with Crippen LogP contribution in [0.15, 0.2) is 64.9 Å². The van der Waals surface area contributed by atoms with E-state index in [9.17, 15) is 4.79 Å². The minimum Gasteiger partial charge on any atom is -0.469 e. The molecule has 1 amide bonds. The van der Waals surface area contributed by atoms with Crippen molar-refractivity contribution in [3.8, 4) is 11.4 Å². The summed E-state index contributed by atoms with van der Waals surface area (Å²) >= 11 is 1.38. The number of furan rings is 1. The van der Waals surface area contributed by atoms with Crippen molar-refractivity contribution in [3.63, 3.8) is 0 Å². The van der Waals surface area contributed by atoms with E-state index in [1.807, 2.05) is 54.8 Å². The number of hydrogen-bond donors (Lipinski definition) is 0. The molecule has 2 heterocycles. The molecule has 1 atom stereocenters. The maximum atomic E-state index is 12.8. The minimum atomic E-state index is -0.318. The highest BCUT2D eigenvalue weighted by Gasteiger charge is 2.24. The van der Waals surface area contributed by atoms with Crippen LogP contribution in [-0.4, -0.2) is 33.0 Å². The molecule has 6 nitrogen and oxygen atoms in total. The van der Waals surface area contributed by atoms with Crippen molar-refractivity contribution in [3.05, 3.63) is 61.1 Å². The molecule has 3 rings (SSSR count). The van der Waals surface area contributed by atoms with E-state index in [0.29, 0.717) is 17.5 Å². The van der Waals surface area contributed by atoms with Gasteiger partial charge in [0.25, 0.3) is 0 Å². The Morgan fingerprint density at radius 3 is 2.70 bits per heavy atom. The summed E-state index contributed by atoms with van der Waals surface area (Å²) in [5.74, 6) is 1.48. The van der Waals surface area contributed by atoms with Crippen LogP contribution in [0.3, 0.4) is 0 Å². The fourth-order valence-corrected chi connectivity index (χ4v) is 3.70. The van der Waals surface area contributed by atoms with Gasteiger partial charge in [-0.2, -0.15) is 0 Å². The molecule has 0 aliphatic heterocycles. The van der Waals surface area contributed by atoms with Gasteiger partial charge in [0.1, 0.15) is 5.76 Å². The van der Waals surface area contributed by atoms with Crippen LogP contribution in [0.5, 0.6) is 0 Å².